The second-order valence-electron chi connectivity index (χ2n) is 9.39. The number of hydrogen-bond donors (Lipinski definition) is 1. The van der Waals surface area contributed by atoms with Crippen LogP contribution in [0.15, 0.2) is 71.6 Å². The van der Waals surface area contributed by atoms with Gasteiger partial charge in [0.2, 0.25) is 5.91 Å². The highest BCUT2D eigenvalue weighted by atomic mass is 35.5. The van der Waals surface area contributed by atoms with Crippen molar-refractivity contribution in [2.24, 2.45) is 0 Å². The molecule has 0 spiro atoms. The molecule has 4 rings (SSSR count). The second kappa shape index (κ2) is 12.3. The molecule has 0 aliphatic carbocycles. The molecule has 1 amide bonds. The fourth-order valence-corrected chi connectivity index (χ4v) is 6.36. The van der Waals surface area contributed by atoms with E-state index in [4.69, 9.17) is 23.2 Å². The Balaban J connectivity index is 1.49. The standard InChI is InChI=1S/C28H31Cl2N3O3S/c1-21-8-10-27(11-9-21)37(35,36)33(26-16-24(29)15-25(30)17-26)20-28(34)31-18-22-6-5-7-23(14-22)19-32-12-3-2-4-13-32/h5-11,14-17H,2-4,12-13,18-20H2,1H3,(H,31,34). The molecule has 0 aromatic heterocycles. The number of nitrogens with zero attached hydrogens (tertiary/aromatic N) is 2. The molecule has 0 atom stereocenters. The zero-order valence-corrected chi connectivity index (χ0v) is 23.1. The van der Waals surface area contributed by atoms with Gasteiger partial charge in [0.15, 0.2) is 0 Å². The van der Waals surface area contributed by atoms with Gasteiger partial charge in [-0.3, -0.25) is 14.0 Å². The van der Waals surface area contributed by atoms with Crippen molar-refractivity contribution in [3.8, 4) is 0 Å². The number of carbonyl (C=O) groups is 1. The molecule has 3 aromatic rings. The number of aryl methyl sites for hydroxylation is 1. The van der Waals surface area contributed by atoms with Gasteiger partial charge >= 0.3 is 0 Å². The largest absolute Gasteiger partial charge is 0.350 e. The van der Waals surface area contributed by atoms with Gasteiger partial charge in [0.1, 0.15) is 6.54 Å². The van der Waals surface area contributed by atoms with Crippen molar-refractivity contribution in [2.75, 3.05) is 23.9 Å². The fraction of sp³-hybridized carbons (Fsp3) is 0.321. The topological polar surface area (TPSA) is 69.7 Å². The van der Waals surface area contributed by atoms with Crippen LogP contribution in [-0.4, -0.2) is 38.9 Å². The number of benzene rings is 3. The first-order valence-electron chi connectivity index (χ1n) is 12.3. The summed E-state index contributed by atoms with van der Waals surface area (Å²) in [6.45, 7) is 4.86. The van der Waals surface area contributed by atoms with Crippen LogP contribution in [-0.2, 0) is 27.9 Å². The average Bonchev–Trinajstić information content (AvgIpc) is 2.86. The Labute approximate surface area is 229 Å². The summed E-state index contributed by atoms with van der Waals surface area (Å²) in [5, 5.41) is 3.42. The first-order valence-corrected chi connectivity index (χ1v) is 14.5. The Bertz CT molecular complexity index is 1320. The molecule has 196 valence electrons. The summed E-state index contributed by atoms with van der Waals surface area (Å²) in [6.07, 6.45) is 3.76. The van der Waals surface area contributed by atoms with Crippen molar-refractivity contribution in [3.05, 3.63) is 93.5 Å². The third-order valence-electron chi connectivity index (χ3n) is 6.37. The number of piperidine rings is 1. The van der Waals surface area contributed by atoms with Gasteiger partial charge in [0.25, 0.3) is 10.0 Å². The van der Waals surface area contributed by atoms with Gasteiger partial charge in [0.05, 0.1) is 10.6 Å². The van der Waals surface area contributed by atoms with E-state index in [0.29, 0.717) is 6.54 Å². The SMILES string of the molecule is Cc1ccc(S(=O)(=O)N(CC(=O)NCc2cccc(CN3CCCCC3)c2)c2cc(Cl)cc(Cl)c2)cc1. The molecular weight excluding hydrogens is 529 g/mol. The lowest BCUT2D eigenvalue weighted by atomic mass is 10.1. The first-order chi connectivity index (χ1) is 17.7. The lowest BCUT2D eigenvalue weighted by Crippen LogP contribution is -2.40. The van der Waals surface area contributed by atoms with Crippen LogP contribution in [0.4, 0.5) is 5.69 Å². The summed E-state index contributed by atoms with van der Waals surface area (Å²) < 4.78 is 28.2. The van der Waals surface area contributed by atoms with E-state index in [0.717, 1.165) is 35.1 Å². The number of anilines is 1. The van der Waals surface area contributed by atoms with E-state index in [1.54, 1.807) is 12.1 Å². The van der Waals surface area contributed by atoms with Crippen LogP contribution in [0.2, 0.25) is 10.0 Å². The third kappa shape index (κ3) is 7.48. The van der Waals surface area contributed by atoms with E-state index in [9.17, 15) is 13.2 Å². The minimum atomic E-state index is -4.06. The molecule has 37 heavy (non-hydrogen) atoms. The Hall–Kier alpha value is -2.58. The maximum atomic E-state index is 13.6. The molecule has 3 aromatic carbocycles. The normalized spacial score (nSPS) is 14.4. The molecule has 0 radical (unpaired) electrons. The number of nitrogens with one attached hydrogen (secondary N) is 1. The molecule has 1 heterocycles. The van der Waals surface area contributed by atoms with E-state index < -0.39 is 22.5 Å². The van der Waals surface area contributed by atoms with E-state index >= 15 is 0 Å². The molecule has 1 fully saturated rings. The van der Waals surface area contributed by atoms with Crippen LogP contribution < -0.4 is 9.62 Å². The van der Waals surface area contributed by atoms with Gasteiger partial charge in [-0.1, -0.05) is 71.6 Å². The lowest BCUT2D eigenvalue weighted by Gasteiger charge is -2.26. The minimum Gasteiger partial charge on any atom is -0.350 e. The van der Waals surface area contributed by atoms with Crippen LogP contribution in [0.3, 0.4) is 0 Å². The molecule has 1 saturated heterocycles. The van der Waals surface area contributed by atoms with Gasteiger partial charge in [-0.2, -0.15) is 0 Å². The molecule has 0 saturated carbocycles. The van der Waals surface area contributed by atoms with E-state index in [-0.39, 0.29) is 20.6 Å². The van der Waals surface area contributed by atoms with Gasteiger partial charge in [-0.15, -0.1) is 0 Å². The number of likely N-dealkylation sites (tertiary alicyclic amines) is 1. The van der Waals surface area contributed by atoms with Crippen molar-refractivity contribution in [1.82, 2.24) is 10.2 Å². The van der Waals surface area contributed by atoms with Gasteiger partial charge < -0.3 is 5.32 Å². The van der Waals surface area contributed by atoms with Crippen molar-refractivity contribution in [3.63, 3.8) is 0 Å². The molecule has 1 N–H and O–H groups in total. The highest BCUT2D eigenvalue weighted by molar-refractivity contribution is 7.92. The number of halogens is 2. The number of sulfonamides is 1. The maximum Gasteiger partial charge on any atom is 0.264 e. The zero-order valence-electron chi connectivity index (χ0n) is 20.8. The van der Waals surface area contributed by atoms with E-state index in [1.165, 1.54) is 55.2 Å². The van der Waals surface area contributed by atoms with E-state index in [2.05, 4.69) is 22.3 Å². The first kappa shape index (κ1) is 27.5. The summed E-state index contributed by atoms with van der Waals surface area (Å²) in [6, 6.07) is 19.1. The van der Waals surface area contributed by atoms with Gasteiger partial charge in [-0.25, -0.2) is 8.42 Å². The number of carbonyl (C=O) groups excluding carboxylic acids is 1. The molecule has 1 aliphatic heterocycles. The van der Waals surface area contributed by atoms with Crippen molar-refractivity contribution >= 4 is 44.8 Å². The van der Waals surface area contributed by atoms with Crippen molar-refractivity contribution in [2.45, 2.75) is 44.2 Å². The monoisotopic (exact) mass is 559 g/mol. The van der Waals surface area contributed by atoms with Crippen LogP contribution in [0, 0.1) is 6.92 Å². The van der Waals surface area contributed by atoms with Crippen LogP contribution in [0.1, 0.15) is 36.0 Å². The molecule has 0 unspecified atom stereocenters. The fourth-order valence-electron chi connectivity index (χ4n) is 4.44. The molecule has 1 aliphatic rings. The summed E-state index contributed by atoms with van der Waals surface area (Å²) in [5.41, 5.74) is 3.31. The van der Waals surface area contributed by atoms with Crippen molar-refractivity contribution in [1.29, 1.82) is 0 Å². The molecule has 0 bridgehead atoms. The number of amides is 1. The Morgan fingerprint density at radius 1 is 0.919 bits per heavy atom. The minimum absolute atomic E-state index is 0.0763. The summed E-state index contributed by atoms with van der Waals surface area (Å²) in [5.74, 6) is -0.437. The van der Waals surface area contributed by atoms with Gasteiger partial charge in [0, 0.05) is 23.1 Å². The Morgan fingerprint density at radius 3 is 2.24 bits per heavy atom. The summed E-state index contributed by atoms with van der Waals surface area (Å²) >= 11 is 12.3. The van der Waals surface area contributed by atoms with Crippen LogP contribution in [0.25, 0.3) is 0 Å². The molecule has 6 nitrogen and oxygen atoms in total. The average molecular weight is 561 g/mol. The number of rotatable bonds is 9. The maximum absolute atomic E-state index is 13.6. The lowest BCUT2D eigenvalue weighted by molar-refractivity contribution is -0.119. The number of hydrogen-bond acceptors (Lipinski definition) is 4. The highest BCUT2D eigenvalue weighted by Gasteiger charge is 2.28. The third-order valence-corrected chi connectivity index (χ3v) is 8.59. The van der Waals surface area contributed by atoms with E-state index in [1.807, 2.05) is 19.1 Å². The predicted octanol–water partition coefficient (Wildman–Crippen LogP) is 5.80. The Morgan fingerprint density at radius 2 is 1.57 bits per heavy atom. The molecular formula is C28H31Cl2N3O3S. The quantitative estimate of drug-likeness (QED) is 0.359. The van der Waals surface area contributed by atoms with Crippen LogP contribution in [0.5, 0.6) is 0 Å². The smallest absolute Gasteiger partial charge is 0.264 e. The summed E-state index contributed by atoms with van der Waals surface area (Å²) in [4.78, 5) is 15.5. The Kier molecular flexibility index (Phi) is 9.13. The van der Waals surface area contributed by atoms with Crippen LogP contribution >= 0.6 is 23.2 Å². The second-order valence-corrected chi connectivity index (χ2v) is 12.1. The highest BCUT2D eigenvalue weighted by Crippen LogP contribution is 2.29. The van der Waals surface area contributed by atoms with Crippen molar-refractivity contribution < 1.29 is 13.2 Å². The zero-order chi connectivity index (χ0) is 26.4. The summed E-state index contributed by atoms with van der Waals surface area (Å²) in [7, 11) is -4.06. The van der Waals surface area contributed by atoms with Gasteiger partial charge in [-0.05, 0) is 74.3 Å². The molecule has 9 heteroatoms. The predicted molar refractivity (Wildman–Crippen MR) is 150 cm³/mol.